The third-order valence-corrected chi connectivity index (χ3v) is 3.10. The first-order valence-electron chi connectivity index (χ1n) is 5.63. The molecule has 0 saturated carbocycles. The monoisotopic (exact) mass is 227 g/mol. The van der Waals surface area contributed by atoms with Gasteiger partial charge in [-0.25, -0.2) is 0 Å². The molecule has 0 fully saturated rings. The first kappa shape index (κ1) is 11.5. The van der Waals surface area contributed by atoms with E-state index in [0.717, 1.165) is 17.0 Å². The molecule has 0 aliphatic heterocycles. The maximum Gasteiger partial charge on any atom is 0.119 e. The number of nitrogen functional groups attached to an aromatic ring is 1. The van der Waals surface area contributed by atoms with Crippen LogP contribution in [0.25, 0.3) is 11.1 Å². The first-order chi connectivity index (χ1) is 8.13. The van der Waals surface area contributed by atoms with Crippen LogP contribution >= 0.6 is 0 Å². The van der Waals surface area contributed by atoms with Crippen molar-refractivity contribution in [2.75, 3.05) is 12.8 Å². The Morgan fingerprint density at radius 2 is 1.76 bits per heavy atom. The molecule has 0 aromatic heterocycles. The van der Waals surface area contributed by atoms with Crippen LogP contribution in [0.2, 0.25) is 0 Å². The summed E-state index contributed by atoms with van der Waals surface area (Å²) in [6.07, 6.45) is 0. The highest BCUT2D eigenvalue weighted by atomic mass is 16.5. The van der Waals surface area contributed by atoms with Gasteiger partial charge >= 0.3 is 0 Å². The Bertz CT molecular complexity index is 547. The van der Waals surface area contributed by atoms with Gasteiger partial charge < -0.3 is 10.5 Å². The largest absolute Gasteiger partial charge is 0.497 e. The maximum atomic E-state index is 5.94. The van der Waals surface area contributed by atoms with Gasteiger partial charge in [0.15, 0.2) is 0 Å². The number of nitrogens with two attached hydrogens (primary N) is 1. The van der Waals surface area contributed by atoms with Crippen molar-refractivity contribution in [3.8, 4) is 16.9 Å². The number of hydrogen-bond donors (Lipinski definition) is 1. The van der Waals surface area contributed by atoms with E-state index >= 15 is 0 Å². The van der Waals surface area contributed by atoms with Crippen LogP contribution in [-0.4, -0.2) is 7.11 Å². The summed E-state index contributed by atoms with van der Waals surface area (Å²) in [6.45, 7) is 4.13. The van der Waals surface area contributed by atoms with Crippen molar-refractivity contribution in [2.45, 2.75) is 13.8 Å². The number of hydrogen-bond acceptors (Lipinski definition) is 2. The molecule has 0 amide bonds. The van der Waals surface area contributed by atoms with E-state index in [2.05, 4.69) is 19.1 Å². The fourth-order valence-electron chi connectivity index (χ4n) is 2.01. The molecule has 17 heavy (non-hydrogen) atoms. The second kappa shape index (κ2) is 4.50. The second-order valence-corrected chi connectivity index (χ2v) is 4.20. The van der Waals surface area contributed by atoms with Gasteiger partial charge in [0.2, 0.25) is 0 Å². The van der Waals surface area contributed by atoms with E-state index in [0.29, 0.717) is 0 Å². The third-order valence-electron chi connectivity index (χ3n) is 3.10. The average Bonchev–Trinajstić information content (AvgIpc) is 2.33. The number of anilines is 1. The van der Waals surface area contributed by atoms with E-state index in [1.54, 1.807) is 7.11 Å². The Hall–Kier alpha value is -1.96. The Morgan fingerprint density at radius 1 is 1.00 bits per heavy atom. The van der Waals surface area contributed by atoms with Crippen LogP contribution in [0.15, 0.2) is 36.4 Å². The minimum atomic E-state index is 0.831. The lowest BCUT2D eigenvalue weighted by molar-refractivity contribution is 0.414. The maximum absolute atomic E-state index is 5.94. The molecule has 0 atom stereocenters. The van der Waals surface area contributed by atoms with Crippen molar-refractivity contribution in [3.63, 3.8) is 0 Å². The van der Waals surface area contributed by atoms with Gasteiger partial charge in [-0.1, -0.05) is 18.2 Å². The molecule has 0 saturated heterocycles. The molecule has 0 aliphatic rings. The molecule has 88 valence electrons. The summed E-state index contributed by atoms with van der Waals surface area (Å²) in [4.78, 5) is 0. The van der Waals surface area contributed by atoms with Gasteiger partial charge in [0.05, 0.1) is 7.11 Å². The van der Waals surface area contributed by atoms with E-state index in [-0.39, 0.29) is 0 Å². The highest BCUT2D eigenvalue weighted by Crippen LogP contribution is 2.31. The molecule has 0 heterocycles. The van der Waals surface area contributed by atoms with Gasteiger partial charge in [-0.3, -0.25) is 0 Å². The van der Waals surface area contributed by atoms with Crippen molar-refractivity contribution in [1.82, 2.24) is 0 Å². The van der Waals surface area contributed by atoms with Crippen LogP contribution in [0.3, 0.4) is 0 Å². The normalized spacial score (nSPS) is 10.3. The highest BCUT2D eigenvalue weighted by Gasteiger charge is 2.07. The number of aryl methyl sites for hydroxylation is 1. The number of benzene rings is 2. The molecular weight excluding hydrogens is 210 g/mol. The van der Waals surface area contributed by atoms with E-state index < -0.39 is 0 Å². The lowest BCUT2D eigenvalue weighted by atomic mass is 9.95. The molecule has 0 aliphatic carbocycles. The summed E-state index contributed by atoms with van der Waals surface area (Å²) in [5.41, 5.74) is 11.5. The molecule has 2 N–H and O–H groups in total. The molecular formula is C15H17NO. The minimum absolute atomic E-state index is 0.831. The van der Waals surface area contributed by atoms with Gasteiger partial charge in [-0.2, -0.15) is 0 Å². The van der Waals surface area contributed by atoms with Crippen molar-refractivity contribution >= 4 is 5.69 Å². The molecule has 2 nitrogen and oxygen atoms in total. The van der Waals surface area contributed by atoms with Gasteiger partial charge in [-0.05, 0) is 54.3 Å². The minimum Gasteiger partial charge on any atom is -0.497 e. The van der Waals surface area contributed by atoms with Crippen molar-refractivity contribution < 1.29 is 4.74 Å². The van der Waals surface area contributed by atoms with Crippen LogP contribution in [0.5, 0.6) is 5.75 Å². The lowest BCUT2D eigenvalue weighted by Crippen LogP contribution is -1.94. The summed E-state index contributed by atoms with van der Waals surface area (Å²) in [5.74, 6) is 0.882. The zero-order chi connectivity index (χ0) is 12.4. The zero-order valence-electron chi connectivity index (χ0n) is 10.4. The first-order valence-corrected chi connectivity index (χ1v) is 5.63. The smallest absolute Gasteiger partial charge is 0.119 e. The predicted molar refractivity (Wildman–Crippen MR) is 72.3 cm³/mol. The Morgan fingerprint density at radius 3 is 2.41 bits per heavy atom. The SMILES string of the molecule is COc1ccc(-c2cccc(N)c2C)c(C)c1. The van der Waals surface area contributed by atoms with E-state index in [4.69, 9.17) is 10.5 Å². The molecule has 0 bridgehead atoms. The Kier molecular flexibility index (Phi) is 3.05. The van der Waals surface area contributed by atoms with Crippen molar-refractivity contribution in [2.24, 2.45) is 0 Å². The molecule has 0 unspecified atom stereocenters. The van der Waals surface area contributed by atoms with Crippen LogP contribution in [0.4, 0.5) is 5.69 Å². The summed E-state index contributed by atoms with van der Waals surface area (Å²) in [5, 5.41) is 0. The van der Waals surface area contributed by atoms with Crippen LogP contribution < -0.4 is 10.5 Å². The lowest BCUT2D eigenvalue weighted by Gasteiger charge is -2.12. The molecule has 2 aromatic rings. The van der Waals surface area contributed by atoms with Gasteiger partial charge in [0, 0.05) is 5.69 Å². The van der Waals surface area contributed by atoms with Crippen molar-refractivity contribution in [3.05, 3.63) is 47.5 Å². The average molecular weight is 227 g/mol. The quantitative estimate of drug-likeness (QED) is 0.796. The van der Waals surface area contributed by atoms with E-state index in [1.807, 2.05) is 31.2 Å². The third kappa shape index (κ3) is 2.11. The van der Waals surface area contributed by atoms with Gasteiger partial charge in [-0.15, -0.1) is 0 Å². The number of ether oxygens (including phenoxy) is 1. The van der Waals surface area contributed by atoms with Crippen LogP contribution in [0, 0.1) is 13.8 Å². The highest BCUT2D eigenvalue weighted by molar-refractivity contribution is 5.75. The number of methoxy groups -OCH3 is 1. The second-order valence-electron chi connectivity index (χ2n) is 4.20. The summed E-state index contributed by atoms with van der Waals surface area (Å²) in [6, 6.07) is 12.1. The van der Waals surface area contributed by atoms with Crippen LogP contribution in [-0.2, 0) is 0 Å². The summed E-state index contributed by atoms with van der Waals surface area (Å²) in [7, 11) is 1.68. The van der Waals surface area contributed by atoms with Gasteiger partial charge in [0.1, 0.15) is 5.75 Å². The molecule has 2 rings (SSSR count). The zero-order valence-corrected chi connectivity index (χ0v) is 10.4. The number of rotatable bonds is 2. The predicted octanol–water partition coefficient (Wildman–Crippen LogP) is 3.56. The summed E-state index contributed by atoms with van der Waals surface area (Å²) < 4.78 is 5.22. The molecule has 2 heteroatoms. The standard InChI is InChI=1S/C15H17NO/c1-10-9-12(17-3)7-8-13(10)14-5-4-6-15(16)11(14)2/h4-9H,16H2,1-3H3. The van der Waals surface area contributed by atoms with E-state index in [9.17, 15) is 0 Å². The molecule has 0 radical (unpaired) electrons. The summed E-state index contributed by atoms with van der Waals surface area (Å²) >= 11 is 0. The van der Waals surface area contributed by atoms with E-state index in [1.165, 1.54) is 16.7 Å². The fourth-order valence-corrected chi connectivity index (χ4v) is 2.01. The Labute approximate surface area is 102 Å². The topological polar surface area (TPSA) is 35.2 Å². The fraction of sp³-hybridized carbons (Fsp3) is 0.200. The van der Waals surface area contributed by atoms with Gasteiger partial charge in [0.25, 0.3) is 0 Å². The molecule has 2 aromatic carbocycles. The molecule has 0 spiro atoms. The van der Waals surface area contributed by atoms with Crippen LogP contribution in [0.1, 0.15) is 11.1 Å². The Balaban J connectivity index is 2.57. The van der Waals surface area contributed by atoms with Crippen molar-refractivity contribution in [1.29, 1.82) is 0 Å².